The van der Waals surface area contributed by atoms with Crippen LogP contribution in [-0.2, 0) is 57.5 Å². The second-order valence-corrected chi connectivity index (χ2v) is 45.1. The van der Waals surface area contributed by atoms with Crippen LogP contribution in [0, 0.1) is 111 Å². The minimum atomic E-state index is -0.405. The first kappa shape index (κ1) is 120. The molecule has 726 valence electrons. The fourth-order valence-corrected chi connectivity index (χ4v) is 15.9. The molecule has 0 saturated heterocycles. The van der Waals surface area contributed by atoms with Gasteiger partial charge >= 0.3 is 0 Å². The Morgan fingerprint density at radius 3 is 0.754 bits per heavy atom. The molecule has 3 rings (SSSR count). The molecule has 0 aromatic heterocycles. The fourth-order valence-electron chi connectivity index (χ4n) is 15.9. The van der Waals surface area contributed by atoms with Crippen LogP contribution in [0.4, 0.5) is 0 Å². The molecule has 3 aliphatic rings. The highest BCUT2D eigenvalue weighted by atomic mass is 16.2. The quantitative estimate of drug-likeness (QED) is 0.0271. The van der Waals surface area contributed by atoms with Crippen LogP contribution in [-0.4, -0.2) is 104 Å². The number of nitrogens with two attached hydrogens (primary N) is 6. The maximum absolute atomic E-state index is 12.6. The highest BCUT2D eigenvalue weighted by Gasteiger charge is 2.45. The molecular weight excluding hydrogens is 1540 g/mol. The van der Waals surface area contributed by atoms with E-state index in [4.69, 9.17) is 34.4 Å². The highest BCUT2D eigenvalue weighted by Crippen LogP contribution is 2.45. The fraction of sp³-hybridized carbons (Fsp3) is 0.878. The number of unbranched alkanes of at least 4 members (excludes halogenated alkanes) is 6. The molecule has 0 aromatic rings. The molecule has 3 aliphatic carbocycles. The molecule has 12 amide bonds. The standard InChI is InChI=1S/2C17H32N2O2.C17H34N2O2.C16H30N2O2.C16H32N2O2.C15H30N2O2.6H2/c1-6-7-8-13(15(18)20)14(10-12-9-11(12)2)16(21)19-17(3,4)5;1-5-6-10-13(15(18)20)14(11-12-8-7-9-12)16(21)19-17(2,3)4;1-8-9-10-12(14(18)20)13(11-16(2,3)4)15(21)19-17(5,6)7;1-5-6-7-12(14(17)19)13(10-11-8-9-11)15(20)18-16(2,3)4;1-8-9-10-11(13(17)19)12(15(2,3)4)14(20)18-16(5,6)7;1-7-8-9-11(13(16)18)12(10(2)3)14(19)17-15(4,5)6;;;;;;/h11-14H,6-10H2,1-5H3,(H2,18,20)(H,19,21);12-14H,5-11H2,1-4H3,(H2,18,20)(H,19,21);12-13H,8-11H2,1-7H3,(H2,18,20)(H,19,21);11-13H,5-10H2,1-4H3,(H2,17,19)(H,18,20);11-12H,8-10H2,1-7H3,(H2,17,19)(H,18,20);10-12H,7-9H2,1-6H3,(H2,16,18)(H,17,19);6*1H/t11?,12?,13-,14+;13-,14+;2*12-,13+;2*11-,12+;;;;;;/m000000....../s1. The van der Waals surface area contributed by atoms with Crippen molar-refractivity contribution in [2.75, 3.05) is 0 Å². The third-order valence-electron chi connectivity index (χ3n) is 22.5. The Hall–Kier alpha value is -6.36. The number of nitrogens with one attached hydrogen (secondary N) is 6. The second kappa shape index (κ2) is 56.0. The molecule has 2 unspecified atom stereocenters. The maximum Gasteiger partial charge on any atom is 0.224 e. The van der Waals surface area contributed by atoms with Gasteiger partial charge in [0.05, 0.1) is 11.8 Å². The summed E-state index contributed by atoms with van der Waals surface area (Å²) in [5.74, 6) is -3.80. The van der Waals surface area contributed by atoms with Gasteiger partial charge in [0.1, 0.15) is 0 Å². The lowest BCUT2D eigenvalue weighted by Crippen LogP contribution is -2.51. The summed E-state index contributed by atoms with van der Waals surface area (Å²) >= 11 is 0. The molecule has 0 spiro atoms. The molecule has 0 aliphatic heterocycles. The minimum absolute atomic E-state index is 0. The summed E-state index contributed by atoms with van der Waals surface area (Å²) in [4.78, 5) is 146. The summed E-state index contributed by atoms with van der Waals surface area (Å²) in [6, 6.07) is 0. The SMILES string of the molecule is CCCC[C@H](C(N)=O)[C@@H](CC(C)(C)C)C(=O)NC(C)(C)C.CCCC[C@H](C(N)=O)[C@@H](CC1CC1)C(=O)NC(C)(C)C.CCCC[C@H](C(N)=O)[C@@H](CC1CC1C)C(=O)NC(C)(C)C.CCCC[C@H](C(N)=O)[C@@H](CC1CCC1)C(=O)NC(C)(C)C.CCCC[C@H](C(N)=O)[C@H](C(=O)NC(C)(C)C)C(C)(C)C.CCCC[C@H](C(N)=O)[C@H](C(=O)NC(C)(C)C)C(C)C.[HH].[HH].[HH].[HH].[HH].[HH]. The van der Waals surface area contributed by atoms with Crippen molar-refractivity contribution < 1.29 is 66.1 Å². The number of primary amides is 6. The summed E-state index contributed by atoms with van der Waals surface area (Å²) in [5, 5.41) is 18.1. The van der Waals surface area contributed by atoms with Crippen molar-refractivity contribution in [3.8, 4) is 0 Å². The van der Waals surface area contributed by atoms with E-state index in [0.717, 1.165) is 116 Å². The van der Waals surface area contributed by atoms with Crippen molar-refractivity contribution in [3.05, 3.63) is 0 Å². The molecule has 122 heavy (non-hydrogen) atoms. The van der Waals surface area contributed by atoms with Crippen LogP contribution < -0.4 is 66.3 Å². The van der Waals surface area contributed by atoms with E-state index in [2.05, 4.69) is 101 Å². The van der Waals surface area contributed by atoms with E-state index in [9.17, 15) is 57.5 Å². The van der Waals surface area contributed by atoms with Crippen molar-refractivity contribution in [1.29, 1.82) is 0 Å². The van der Waals surface area contributed by atoms with Gasteiger partial charge in [0.2, 0.25) is 70.9 Å². The van der Waals surface area contributed by atoms with Crippen LogP contribution in [0.3, 0.4) is 0 Å². The summed E-state index contributed by atoms with van der Waals surface area (Å²) in [6.07, 6.45) is 26.0. The Morgan fingerprint density at radius 2 is 0.541 bits per heavy atom. The topological polar surface area (TPSA) is 433 Å². The van der Waals surface area contributed by atoms with Gasteiger partial charge in [-0.25, -0.2) is 0 Å². The minimum Gasteiger partial charge on any atom is -0.369 e. The molecule has 3 saturated carbocycles. The van der Waals surface area contributed by atoms with Gasteiger partial charge < -0.3 is 66.3 Å². The van der Waals surface area contributed by atoms with Crippen LogP contribution in [0.25, 0.3) is 0 Å². The second-order valence-electron chi connectivity index (χ2n) is 45.1. The van der Waals surface area contributed by atoms with E-state index in [1.165, 1.54) is 38.5 Å². The average molecular weight is 1740 g/mol. The number of amides is 12. The summed E-state index contributed by atoms with van der Waals surface area (Å²) in [6.45, 7) is 66.0. The first-order valence-corrected chi connectivity index (χ1v) is 47.2. The van der Waals surface area contributed by atoms with Gasteiger partial charge in [-0.3, -0.25) is 57.5 Å². The van der Waals surface area contributed by atoms with E-state index in [0.29, 0.717) is 49.4 Å². The lowest BCUT2D eigenvalue weighted by Gasteiger charge is -2.36. The number of hydrogen-bond donors (Lipinski definition) is 12. The van der Waals surface area contributed by atoms with E-state index in [1.807, 2.05) is 159 Å². The first-order chi connectivity index (χ1) is 55.5. The van der Waals surface area contributed by atoms with Gasteiger partial charge in [-0.1, -0.05) is 213 Å². The number of carbonyl (C=O) groups excluding carboxylic acids is 12. The lowest BCUT2D eigenvalue weighted by atomic mass is 9.70. The summed E-state index contributed by atoms with van der Waals surface area (Å²) in [7, 11) is 0. The number of hydrogen-bond acceptors (Lipinski definition) is 12. The zero-order valence-electron chi connectivity index (χ0n) is 84.0. The van der Waals surface area contributed by atoms with Gasteiger partial charge in [-0.05, 0) is 236 Å². The Balaban J connectivity index is -0.000000188. The van der Waals surface area contributed by atoms with Crippen molar-refractivity contribution in [1.82, 2.24) is 31.9 Å². The molecule has 3 fully saturated rings. The largest absolute Gasteiger partial charge is 0.369 e. The Kier molecular flexibility index (Phi) is 55.0. The number of rotatable bonds is 44. The first-order valence-electron chi connectivity index (χ1n) is 47.2. The van der Waals surface area contributed by atoms with Crippen molar-refractivity contribution in [3.63, 3.8) is 0 Å². The molecule has 14 atom stereocenters. The normalized spacial score (nSPS) is 18.0. The van der Waals surface area contributed by atoms with Crippen LogP contribution in [0.15, 0.2) is 0 Å². The van der Waals surface area contributed by atoms with Crippen molar-refractivity contribution >= 4 is 70.9 Å². The van der Waals surface area contributed by atoms with Crippen LogP contribution >= 0.6 is 0 Å². The van der Waals surface area contributed by atoms with Gasteiger partial charge in [0.25, 0.3) is 0 Å². The van der Waals surface area contributed by atoms with Crippen LogP contribution in [0.5, 0.6) is 0 Å². The highest BCUT2D eigenvalue weighted by molar-refractivity contribution is 5.91. The molecular formula is C98H202N12O12. The van der Waals surface area contributed by atoms with Crippen LogP contribution in [0.1, 0.15) is 417 Å². The molecule has 18 N–H and O–H groups in total. The van der Waals surface area contributed by atoms with Gasteiger partial charge in [0.15, 0.2) is 0 Å². The Morgan fingerprint density at radius 1 is 0.311 bits per heavy atom. The zero-order valence-corrected chi connectivity index (χ0v) is 84.0. The monoisotopic (exact) mass is 1740 g/mol. The van der Waals surface area contributed by atoms with Crippen LogP contribution in [0.2, 0.25) is 0 Å². The Labute approximate surface area is 752 Å². The van der Waals surface area contributed by atoms with Gasteiger partial charge in [0, 0.05) is 101 Å². The molecule has 0 heterocycles. The van der Waals surface area contributed by atoms with E-state index in [1.54, 1.807) is 0 Å². The predicted molar refractivity (Wildman–Crippen MR) is 514 cm³/mol. The smallest absolute Gasteiger partial charge is 0.224 e. The average Bonchev–Trinajstić information content (AvgIpc) is 1.34. The summed E-state index contributed by atoms with van der Waals surface area (Å²) in [5.41, 5.74) is 31.3. The predicted octanol–water partition coefficient (Wildman–Crippen LogP) is 18.5. The third-order valence-corrected chi connectivity index (χ3v) is 22.5. The van der Waals surface area contributed by atoms with Gasteiger partial charge in [-0.2, -0.15) is 0 Å². The number of carbonyl (C=O) groups is 12. The van der Waals surface area contributed by atoms with E-state index >= 15 is 0 Å². The molecule has 0 aromatic carbocycles. The van der Waals surface area contributed by atoms with E-state index in [-0.39, 0.29) is 189 Å². The molecule has 24 nitrogen and oxygen atoms in total. The van der Waals surface area contributed by atoms with E-state index < -0.39 is 11.8 Å². The van der Waals surface area contributed by atoms with Crippen molar-refractivity contribution in [2.45, 2.75) is 441 Å². The van der Waals surface area contributed by atoms with Gasteiger partial charge in [-0.15, -0.1) is 0 Å². The Bertz CT molecular complexity index is 3100. The summed E-state index contributed by atoms with van der Waals surface area (Å²) < 4.78 is 0. The molecule has 24 heteroatoms. The third kappa shape index (κ3) is 55.2. The maximum atomic E-state index is 12.6. The molecule has 0 bridgehead atoms. The lowest BCUT2D eigenvalue weighted by molar-refractivity contribution is -0.139. The van der Waals surface area contributed by atoms with Crippen molar-refractivity contribution in [2.24, 2.45) is 146 Å². The zero-order chi connectivity index (χ0) is 95.8. The molecule has 0 radical (unpaired) electrons.